The lowest BCUT2D eigenvalue weighted by Crippen LogP contribution is -2.37. The Labute approximate surface area is 305 Å². The van der Waals surface area contributed by atoms with Gasteiger partial charge in [-0.3, -0.25) is 0 Å². The van der Waals surface area contributed by atoms with Gasteiger partial charge in [0.25, 0.3) is 0 Å². The first-order valence-electron chi connectivity index (χ1n) is 17.9. The summed E-state index contributed by atoms with van der Waals surface area (Å²) in [5, 5.41) is 9.39. The summed E-state index contributed by atoms with van der Waals surface area (Å²) < 4.78 is 0. The van der Waals surface area contributed by atoms with E-state index in [4.69, 9.17) is 15.0 Å². The van der Waals surface area contributed by atoms with Crippen LogP contribution in [0.1, 0.15) is 0 Å². The molecule has 0 saturated heterocycles. The molecule has 3 nitrogen and oxygen atoms in total. The van der Waals surface area contributed by atoms with Crippen LogP contribution < -0.4 is 5.19 Å². The summed E-state index contributed by atoms with van der Waals surface area (Å²) in [5.74, 6) is 1.97. The molecule has 0 bridgehead atoms. The summed E-state index contributed by atoms with van der Waals surface area (Å²) in [4.78, 5) is 14.8. The zero-order chi connectivity index (χ0) is 35.2. The second-order valence-corrected chi connectivity index (χ2v) is 19.6. The molecule has 4 heteroatoms. The second-order valence-electron chi connectivity index (χ2n) is 14.5. The highest BCUT2D eigenvalue weighted by molar-refractivity contribution is 6.88. The standard InChI is InChI=1S/C48H37N3Si/c1-52(2,3)39-26-28-43-42-27-25-37(30-44(42)40-19-10-11-20-41(40)45(43)31-39)33-23-21-32(22-24-33)36-17-12-18-38(29-36)48-50-46(34-13-6-4-7-14-34)49-47(51-48)35-15-8-5-9-16-35/h4-31H,1-3H3. The molecule has 0 radical (unpaired) electrons. The first-order chi connectivity index (χ1) is 25.4. The quantitative estimate of drug-likeness (QED) is 0.129. The monoisotopic (exact) mass is 683 g/mol. The Bertz CT molecular complexity index is 2670. The molecule has 52 heavy (non-hydrogen) atoms. The number of nitrogens with zero attached hydrogens (tertiary/aromatic N) is 3. The third-order valence-electron chi connectivity index (χ3n) is 10.1. The molecule has 0 fully saturated rings. The molecule has 0 saturated carbocycles. The highest BCUT2D eigenvalue weighted by atomic mass is 28.3. The maximum Gasteiger partial charge on any atom is 0.164 e. The number of hydrogen-bond acceptors (Lipinski definition) is 3. The van der Waals surface area contributed by atoms with Gasteiger partial charge in [0.15, 0.2) is 17.5 Å². The van der Waals surface area contributed by atoms with E-state index in [1.165, 1.54) is 48.6 Å². The number of fused-ring (bicyclic) bond motifs is 6. The highest BCUT2D eigenvalue weighted by Gasteiger charge is 2.19. The first-order valence-corrected chi connectivity index (χ1v) is 21.4. The third-order valence-corrected chi connectivity index (χ3v) is 12.1. The van der Waals surface area contributed by atoms with Gasteiger partial charge < -0.3 is 0 Å². The fraction of sp³-hybridized carbons (Fsp3) is 0.0625. The summed E-state index contributed by atoms with van der Waals surface area (Å²) in [6, 6.07) is 60.6. The Morgan fingerprint density at radius 3 is 1.25 bits per heavy atom. The van der Waals surface area contributed by atoms with E-state index in [2.05, 4.69) is 129 Å². The van der Waals surface area contributed by atoms with E-state index < -0.39 is 8.07 Å². The van der Waals surface area contributed by atoms with Gasteiger partial charge in [0.05, 0.1) is 8.07 Å². The van der Waals surface area contributed by atoms with E-state index in [0.29, 0.717) is 17.5 Å². The van der Waals surface area contributed by atoms with Crippen LogP contribution in [0.4, 0.5) is 0 Å². The smallest absolute Gasteiger partial charge is 0.164 e. The zero-order valence-corrected chi connectivity index (χ0v) is 30.5. The van der Waals surface area contributed by atoms with E-state index in [-0.39, 0.29) is 0 Å². The molecular weight excluding hydrogens is 647 g/mol. The van der Waals surface area contributed by atoms with Gasteiger partial charge in [-0.25, -0.2) is 15.0 Å². The molecule has 0 amide bonds. The van der Waals surface area contributed by atoms with Gasteiger partial charge in [-0.15, -0.1) is 0 Å². The Kier molecular flexibility index (Phi) is 7.83. The van der Waals surface area contributed by atoms with Gasteiger partial charge >= 0.3 is 0 Å². The number of rotatable bonds is 6. The number of aromatic nitrogens is 3. The van der Waals surface area contributed by atoms with Crippen LogP contribution in [0.2, 0.25) is 19.6 Å². The summed E-state index contributed by atoms with van der Waals surface area (Å²) in [7, 11) is -1.45. The van der Waals surface area contributed by atoms with Crippen LogP contribution in [0.15, 0.2) is 170 Å². The van der Waals surface area contributed by atoms with E-state index in [1.54, 1.807) is 0 Å². The van der Waals surface area contributed by atoms with Gasteiger partial charge in [-0.05, 0) is 66.7 Å². The fourth-order valence-electron chi connectivity index (χ4n) is 7.23. The molecule has 0 aliphatic heterocycles. The molecule has 9 rings (SSSR count). The average Bonchev–Trinajstić information content (AvgIpc) is 3.21. The van der Waals surface area contributed by atoms with Crippen LogP contribution in [-0.2, 0) is 0 Å². The summed E-state index contributed by atoms with van der Waals surface area (Å²) >= 11 is 0. The first kappa shape index (κ1) is 31.7. The van der Waals surface area contributed by atoms with Crippen molar-refractivity contribution in [1.82, 2.24) is 15.0 Å². The Morgan fingerprint density at radius 1 is 0.288 bits per heavy atom. The minimum atomic E-state index is -1.45. The van der Waals surface area contributed by atoms with Crippen LogP contribution in [0.25, 0.3) is 88.7 Å². The predicted octanol–water partition coefficient (Wildman–Crippen LogP) is 12.2. The van der Waals surface area contributed by atoms with Crippen molar-refractivity contribution in [2.75, 3.05) is 0 Å². The molecular formula is C48H37N3Si. The lowest BCUT2D eigenvalue weighted by molar-refractivity contribution is 1.07. The maximum absolute atomic E-state index is 4.95. The highest BCUT2D eigenvalue weighted by Crippen LogP contribution is 2.38. The Hall–Kier alpha value is -6.23. The predicted molar refractivity (Wildman–Crippen MR) is 223 cm³/mol. The Balaban J connectivity index is 1.08. The number of benzene rings is 8. The molecule has 0 atom stereocenters. The zero-order valence-electron chi connectivity index (χ0n) is 29.5. The fourth-order valence-corrected chi connectivity index (χ4v) is 8.39. The normalized spacial score (nSPS) is 11.8. The lowest BCUT2D eigenvalue weighted by Gasteiger charge is -2.19. The Morgan fingerprint density at radius 2 is 0.692 bits per heavy atom. The molecule has 0 aliphatic rings. The molecule has 0 N–H and O–H groups in total. The van der Waals surface area contributed by atoms with Gasteiger partial charge in [0.2, 0.25) is 0 Å². The summed E-state index contributed by atoms with van der Waals surface area (Å²) in [6.45, 7) is 7.26. The minimum Gasteiger partial charge on any atom is -0.208 e. The number of hydrogen-bond donors (Lipinski definition) is 0. The molecule has 0 aliphatic carbocycles. The van der Waals surface area contributed by atoms with Crippen LogP contribution in [0.3, 0.4) is 0 Å². The van der Waals surface area contributed by atoms with Gasteiger partial charge in [-0.1, -0.05) is 183 Å². The van der Waals surface area contributed by atoms with Crippen molar-refractivity contribution < 1.29 is 0 Å². The van der Waals surface area contributed by atoms with Crippen LogP contribution in [0, 0.1) is 0 Å². The topological polar surface area (TPSA) is 38.7 Å². The van der Waals surface area contributed by atoms with Crippen molar-refractivity contribution in [3.63, 3.8) is 0 Å². The van der Waals surface area contributed by atoms with E-state index in [0.717, 1.165) is 27.8 Å². The molecule has 9 aromatic rings. The van der Waals surface area contributed by atoms with Crippen molar-refractivity contribution in [3.8, 4) is 56.4 Å². The summed E-state index contributed by atoms with van der Waals surface area (Å²) in [5.41, 5.74) is 7.52. The summed E-state index contributed by atoms with van der Waals surface area (Å²) in [6.07, 6.45) is 0. The van der Waals surface area contributed by atoms with E-state index >= 15 is 0 Å². The third kappa shape index (κ3) is 5.87. The lowest BCUT2D eigenvalue weighted by atomic mass is 9.91. The van der Waals surface area contributed by atoms with Crippen LogP contribution in [0.5, 0.6) is 0 Å². The molecule has 8 aromatic carbocycles. The van der Waals surface area contributed by atoms with Crippen molar-refractivity contribution in [2.24, 2.45) is 0 Å². The van der Waals surface area contributed by atoms with Crippen molar-refractivity contribution >= 4 is 45.6 Å². The largest absolute Gasteiger partial charge is 0.208 e. The van der Waals surface area contributed by atoms with E-state index in [9.17, 15) is 0 Å². The van der Waals surface area contributed by atoms with Crippen molar-refractivity contribution in [3.05, 3.63) is 170 Å². The molecule has 1 aromatic heterocycles. The molecule has 248 valence electrons. The SMILES string of the molecule is C[Si](C)(C)c1ccc2c3ccc(-c4ccc(-c5cccc(-c6nc(-c7ccccc7)nc(-c7ccccc7)n6)c5)cc4)cc3c3ccccc3c2c1. The van der Waals surface area contributed by atoms with Gasteiger partial charge in [0, 0.05) is 16.7 Å². The average molecular weight is 684 g/mol. The minimum absolute atomic E-state index is 0.652. The van der Waals surface area contributed by atoms with Crippen molar-refractivity contribution in [2.45, 2.75) is 19.6 Å². The molecule has 0 spiro atoms. The van der Waals surface area contributed by atoms with Crippen LogP contribution >= 0.6 is 0 Å². The van der Waals surface area contributed by atoms with Gasteiger partial charge in [0.1, 0.15) is 0 Å². The van der Waals surface area contributed by atoms with Gasteiger partial charge in [-0.2, -0.15) is 0 Å². The maximum atomic E-state index is 4.95. The van der Waals surface area contributed by atoms with E-state index in [1.807, 2.05) is 60.7 Å². The van der Waals surface area contributed by atoms with Crippen molar-refractivity contribution in [1.29, 1.82) is 0 Å². The molecule has 0 unspecified atom stereocenters. The molecule has 1 heterocycles. The second kappa shape index (κ2) is 12.8. The van der Waals surface area contributed by atoms with Crippen LogP contribution in [-0.4, -0.2) is 23.0 Å².